The molecule has 0 saturated carbocycles. The average Bonchev–Trinajstić information content (AvgIpc) is 2.39. The number of carbonyl (C=O) groups is 1. The largest absolute Gasteiger partial charge is 0.481 e. The lowest BCUT2D eigenvalue weighted by molar-refractivity contribution is -0.152. The standard InChI is InChI=1S/C14H26N2O4S/c1-4-7-14(13(17)18)8-5-9-16(12-14)10-6-11-21(19,20)15(2)3/h4H,1,5-12H2,2-3H3,(H,17,18)/t14-/m0/s1. The zero-order chi connectivity index (χ0) is 16.1. The highest BCUT2D eigenvalue weighted by Gasteiger charge is 2.41. The van der Waals surface area contributed by atoms with Gasteiger partial charge in [0, 0.05) is 20.6 Å². The van der Waals surface area contributed by atoms with E-state index < -0.39 is 21.4 Å². The number of likely N-dealkylation sites (tertiary alicyclic amines) is 1. The van der Waals surface area contributed by atoms with Crippen molar-refractivity contribution < 1.29 is 18.3 Å². The van der Waals surface area contributed by atoms with Crippen LogP contribution in [0.5, 0.6) is 0 Å². The molecular formula is C14H26N2O4S. The van der Waals surface area contributed by atoms with Gasteiger partial charge in [0.2, 0.25) is 10.0 Å². The topological polar surface area (TPSA) is 77.9 Å². The third kappa shape index (κ3) is 4.79. The van der Waals surface area contributed by atoms with Crippen molar-refractivity contribution in [1.82, 2.24) is 9.21 Å². The van der Waals surface area contributed by atoms with E-state index in [1.165, 1.54) is 18.4 Å². The van der Waals surface area contributed by atoms with Crippen LogP contribution < -0.4 is 0 Å². The predicted octanol–water partition coefficient (Wildman–Crippen LogP) is 1.01. The number of sulfonamides is 1. The Labute approximate surface area is 127 Å². The monoisotopic (exact) mass is 318 g/mol. The molecule has 1 heterocycles. The Bertz CT molecular complexity index is 475. The van der Waals surface area contributed by atoms with Crippen LogP contribution in [-0.2, 0) is 14.8 Å². The first-order valence-corrected chi connectivity index (χ1v) is 8.81. The second kappa shape index (κ2) is 7.38. The van der Waals surface area contributed by atoms with E-state index in [0.29, 0.717) is 32.4 Å². The maximum Gasteiger partial charge on any atom is 0.311 e. The van der Waals surface area contributed by atoms with E-state index in [0.717, 1.165) is 13.0 Å². The van der Waals surface area contributed by atoms with Gasteiger partial charge < -0.3 is 10.0 Å². The second-order valence-electron chi connectivity index (χ2n) is 5.91. The molecule has 0 aliphatic carbocycles. The van der Waals surface area contributed by atoms with Crippen LogP contribution in [0.1, 0.15) is 25.7 Å². The SMILES string of the molecule is C=CC[C@]1(C(=O)O)CCCN(CCCS(=O)(=O)N(C)C)C1. The highest BCUT2D eigenvalue weighted by molar-refractivity contribution is 7.89. The Balaban J connectivity index is 2.57. The van der Waals surface area contributed by atoms with Crippen molar-refractivity contribution in [1.29, 1.82) is 0 Å². The molecule has 1 atom stereocenters. The number of aliphatic carboxylic acids is 1. The predicted molar refractivity (Wildman–Crippen MR) is 82.6 cm³/mol. The normalized spacial score (nSPS) is 24.1. The molecule has 1 rings (SSSR count). The van der Waals surface area contributed by atoms with Crippen LogP contribution in [0.25, 0.3) is 0 Å². The second-order valence-corrected chi connectivity index (χ2v) is 8.21. The summed E-state index contributed by atoms with van der Waals surface area (Å²) in [5, 5.41) is 9.49. The molecule has 0 aromatic rings. The van der Waals surface area contributed by atoms with Crippen molar-refractivity contribution >= 4 is 16.0 Å². The fourth-order valence-electron chi connectivity index (χ4n) is 2.78. The lowest BCUT2D eigenvalue weighted by atomic mass is 9.77. The number of allylic oxidation sites excluding steroid dienone is 1. The van der Waals surface area contributed by atoms with Crippen molar-refractivity contribution in [2.24, 2.45) is 5.41 Å². The van der Waals surface area contributed by atoms with Gasteiger partial charge in [0.25, 0.3) is 0 Å². The average molecular weight is 318 g/mol. The molecule has 6 nitrogen and oxygen atoms in total. The molecule has 0 aromatic heterocycles. The number of hydrogen-bond acceptors (Lipinski definition) is 4. The Morgan fingerprint density at radius 1 is 1.48 bits per heavy atom. The first-order chi connectivity index (χ1) is 9.73. The zero-order valence-corrected chi connectivity index (χ0v) is 13.7. The van der Waals surface area contributed by atoms with E-state index in [9.17, 15) is 18.3 Å². The summed E-state index contributed by atoms with van der Waals surface area (Å²) in [5.74, 6) is -0.689. The molecule has 0 aromatic carbocycles. The number of nitrogens with zero attached hydrogens (tertiary/aromatic N) is 2. The van der Waals surface area contributed by atoms with E-state index in [1.807, 2.05) is 0 Å². The molecular weight excluding hydrogens is 292 g/mol. The Hall–Kier alpha value is -0.920. The van der Waals surface area contributed by atoms with Gasteiger partial charge in [0.1, 0.15) is 0 Å². The van der Waals surface area contributed by atoms with E-state index in [2.05, 4.69) is 11.5 Å². The lowest BCUT2D eigenvalue weighted by Crippen LogP contribution is -2.48. The molecule has 0 spiro atoms. The molecule has 122 valence electrons. The summed E-state index contributed by atoms with van der Waals surface area (Å²) < 4.78 is 24.6. The van der Waals surface area contributed by atoms with Crippen molar-refractivity contribution in [2.75, 3.05) is 39.5 Å². The van der Waals surface area contributed by atoms with Crippen LogP contribution in [0.2, 0.25) is 0 Å². The van der Waals surface area contributed by atoms with E-state index in [-0.39, 0.29) is 5.75 Å². The Morgan fingerprint density at radius 3 is 2.67 bits per heavy atom. The van der Waals surface area contributed by atoms with Gasteiger partial charge in [-0.3, -0.25) is 4.79 Å². The molecule has 0 unspecified atom stereocenters. The third-order valence-electron chi connectivity index (χ3n) is 4.08. The fourth-order valence-corrected chi connectivity index (χ4v) is 3.64. The molecule has 7 heteroatoms. The molecule has 1 N–H and O–H groups in total. The van der Waals surface area contributed by atoms with E-state index >= 15 is 0 Å². The van der Waals surface area contributed by atoms with Gasteiger partial charge >= 0.3 is 5.97 Å². The van der Waals surface area contributed by atoms with Crippen LogP contribution in [0.3, 0.4) is 0 Å². The summed E-state index contributed by atoms with van der Waals surface area (Å²) in [4.78, 5) is 13.6. The fraction of sp³-hybridized carbons (Fsp3) is 0.786. The Morgan fingerprint density at radius 2 is 2.14 bits per heavy atom. The zero-order valence-electron chi connectivity index (χ0n) is 12.9. The first kappa shape index (κ1) is 18.1. The highest BCUT2D eigenvalue weighted by Crippen LogP contribution is 2.34. The molecule has 21 heavy (non-hydrogen) atoms. The number of piperidine rings is 1. The summed E-state index contributed by atoms with van der Waals surface area (Å²) in [6, 6.07) is 0. The number of carboxylic acid groups (broad SMARTS) is 1. The van der Waals surface area contributed by atoms with Gasteiger partial charge in [-0.1, -0.05) is 6.08 Å². The molecule has 0 bridgehead atoms. The van der Waals surface area contributed by atoms with Gasteiger partial charge in [-0.05, 0) is 38.8 Å². The van der Waals surface area contributed by atoms with E-state index in [4.69, 9.17) is 0 Å². The van der Waals surface area contributed by atoms with Gasteiger partial charge in [0.05, 0.1) is 11.2 Å². The van der Waals surface area contributed by atoms with Gasteiger partial charge in [-0.2, -0.15) is 0 Å². The highest BCUT2D eigenvalue weighted by atomic mass is 32.2. The summed E-state index contributed by atoms with van der Waals surface area (Å²) in [6.45, 7) is 5.56. The van der Waals surface area contributed by atoms with Crippen molar-refractivity contribution in [3.05, 3.63) is 12.7 Å². The minimum atomic E-state index is -3.18. The molecule has 1 aliphatic heterocycles. The molecule has 0 amide bonds. The first-order valence-electron chi connectivity index (χ1n) is 7.20. The van der Waals surface area contributed by atoms with Crippen LogP contribution in [0, 0.1) is 5.41 Å². The minimum absolute atomic E-state index is 0.0953. The third-order valence-corrected chi connectivity index (χ3v) is 5.99. The summed E-state index contributed by atoms with van der Waals surface area (Å²) in [7, 11) is -0.133. The van der Waals surface area contributed by atoms with Crippen LogP contribution in [0.4, 0.5) is 0 Å². The van der Waals surface area contributed by atoms with Crippen molar-refractivity contribution in [2.45, 2.75) is 25.7 Å². The van der Waals surface area contributed by atoms with Gasteiger partial charge in [-0.15, -0.1) is 6.58 Å². The molecule has 0 radical (unpaired) electrons. The van der Waals surface area contributed by atoms with Crippen molar-refractivity contribution in [3.8, 4) is 0 Å². The van der Waals surface area contributed by atoms with Crippen LogP contribution in [-0.4, -0.2) is 68.2 Å². The van der Waals surface area contributed by atoms with Crippen LogP contribution in [0.15, 0.2) is 12.7 Å². The smallest absolute Gasteiger partial charge is 0.311 e. The molecule has 1 fully saturated rings. The number of carboxylic acids is 1. The maximum atomic E-state index is 11.7. The molecule has 1 aliphatic rings. The lowest BCUT2D eigenvalue weighted by Gasteiger charge is -2.39. The molecule has 1 saturated heterocycles. The van der Waals surface area contributed by atoms with Crippen LogP contribution >= 0.6 is 0 Å². The van der Waals surface area contributed by atoms with Gasteiger partial charge in [-0.25, -0.2) is 12.7 Å². The quantitative estimate of drug-likeness (QED) is 0.676. The van der Waals surface area contributed by atoms with Gasteiger partial charge in [0.15, 0.2) is 0 Å². The minimum Gasteiger partial charge on any atom is -0.481 e. The van der Waals surface area contributed by atoms with E-state index in [1.54, 1.807) is 6.08 Å². The summed E-state index contributed by atoms with van der Waals surface area (Å²) in [5.41, 5.74) is -0.763. The summed E-state index contributed by atoms with van der Waals surface area (Å²) in [6.07, 6.45) is 4.11. The Kier molecular flexibility index (Phi) is 6.37. The van der Waals surface area contributed by atoms with Crippen molar-refractivity contribution in [3.63, 3.8) is 0 Å². The number of hydrogen-bond donors (Lipinski definition) is 1. The summed E-state index contributed by atoms with van der Waals surface area (Å²) >= 11 is 0. The number of rotatable bonds is 8. The maximum absolute atomic E-state index is 11.7.